The van der Waals surface area contributed by atoms with E-state index in [1.54, 1.807) is 0 Å². The number of carbonyl (C=O) groups excluding carboxylic acids is 2. The van der Waals surface area contributed by atoms with E-state index < -0.39 is 0 Å². The minimum atomic E-state index is -0.252. The Labute approximate surface area is 156 Å². The first kappa shape index (κ1) is 18.9. The molecule has 2 saturated heterocycles. The fraction of sp³-hybridized carbons (Fsp3) is 0.619. The van der Waals surface area contributed by atoms with Gasteiger partial charge >= 0.3 is 0 Å². The molecule has 2 heterocycles. The Kier molecular flexibility index (Phi) is 5.97. The molecule has 26 heavy (non-hydrogen) atoms. The predicted molar refractivity (Wildman–Crippen MR) is 102 cm³/mol. The number of hydrogen-bond donors (Lipinski definition) is 1. The van der Waals surface area contributed by atoms with Crippen LogP contribution in [-0.4, -0.2) is 47.3 Å². The van der Waals surface area contributed by atoms with Gasteiger partial charge in [-0.2, -0.15) is 0 Å². The first-order chi connectivity index (χ1) is 12.5. The second-order valence-corrected chi connectivity index (χ2v) is 7.85. The van der Waals surface area contributed by atoms with Crippen molar-refractivity contribution in [1.82, 2.24) is 9.80 Å². The number of benzene rings is 1. The van der Waals surface area contributed by atoms with E-state index in [2.05, 4.69) is 18.2 Å². The van der Waals surface area contributed by atoms with Gasteiger partial charge in [0.25, 0.3) is 0 Å². The van der Waals surface area contributed by atoms with Crippen LogP contribution in [0.3, 0.4) is 0 Å². The van der Waals surface area contributed by atoms with Gasteiger partial charge in [0.2, 0.25) is 11.8 Å². The number of piperidine rings is 1. The molecule has 2 aliphatic rings. The van der Waals surface area contributed by atoms with Crippen molar-refractivity contribution in [1.29, 1.82) is 0 Å². The SMILES string of the molecule is CC(C)C(=O)N1CCCC1C(=O)N1CCC(c2ccccc2CN)CC1. The minimum absolute atomic E-state index is 0.0538. The summed E-state index contributed by atoms with van der Waals surface area (Å²) in [6.45, 7) is 6.62. The van der Waals surface area contributed by atoms with Crippen molar-refractivity contribution in [3.63, 3.8) is 0 Å². The molecule has 2 amide bonds. The molecule has 0 aromatic heterocycles. The number of likely N-dealkylation sites (tertiary alicyclic amines) is 2. The van der Waals surface area contributed by atoms with Crippen LogP contribution in [0, 0.1) is 5.92 Å². The molecule has 0 saturated carbocycles. The predicted octanol–water partition coefficient (Wildman–Crippen LogP) is 2.50. The van der Waals surface area contributed by atoms with Crippen LogP contribution in [0.5, 0.6) is 0 Å². The van der Waals surface area contributed by atoms with E-state index in [0.717, 1.165) is 38.8 Å². The Morgan fingerprint density at radius 3 is 2.46 bits per heavy atom. The lowest BCUT2D eigenvalue weighted by Crippen LogP contribution is -2.50. The van der Waals surface area contributed by atoms with Crippen molar-refractivity contribution in [2.45, 2.75) is 58.0 Å². The second kappa shape index (κ2) is 8.21. The van der Waals surface area contributed by atoms with Crippen LogP contribution >= 0.6 is 0 Å². The Bertz CT molecular complexity index is 650. The van der Waals surface area contributed by atoms with Crippen LogP contribution in [0.2, 0.25) is 0 Å². The molecule has 1 unspecified atom stereocenters. The fourth-order valence-corrected chi connectivity index (χ4v) is 4.36. The third-order valence-electron chi connectivity index (χ3n) is 5.84. The second-order valence-electron chi connectivity index (χ2n) is 7.85. The number of nitrogens with two attached hydrogens (primary N) is 1. The third-order valence-corrected chi connectivity index (χ3v) is 5.84. The molecule has 5 heteroatoms. The van der Waals surface area contributed by atoms with Crippen molar-refractivity contribution in [3.8, 4) is 0 Å². The zero-order chi connectivity index (χ0) is 18.7. The number of hydrogen-bond acceptors (Lipinski definition) is 3. The van der Waals surface area contributed by atoms with Crippen LogP contribution in [0.1, 0.15) is 56.6 Å². The monoisotopic (exact) mass is 357 g/mol. The summed E-state index contributed by atoms with van der Waals surface area (Å²) in [7, 11) is 0. The Morgan fingerprint density at radius 1 is 1.12 bits per heavy atom. The molecule has 3 rings (SSSR count). The van der Waals surface area contributed by atoms with Gasteiger partial charge in [0.1, 0.15) is 6.04 Å². The maximum Gasteiger partial charge on any atom is 0.245 e. The molecule has 2 N–H and O–H groups in total. The summed E-state index contributed by atoms with van der Waals surface area (Å²) in [5.41, 5.74) is 8.42. The van der Waals surface area contributed by atoms with Crippen molar-refractivity contribution in [2.24, 2.45) is 11.7 Å². The summed E-state index contributed by atoms with van der Waals surface area (Å²) >= 11 is 0. The standard InChI is InChI=1S/C21H31N3O2/c1-15(2)20(25)24-11-5-8-19(24)21(26)23-12-9-16(10-13-23)18-7-4-3-6-17(18)14-22/h3-4,6-7,15-16,19H,5,8-14,22H2,1-2H3. The fourth-order valence-electron chi connectivity index (χ4n) is 4.36. The van der Waals surface area contributed by atoms with Crippen molar-refractivity contribution < 1.29 is 9.59 Å². The number of carbonyl (C=O) groups is 2. The molecule has 0 spiro atoms. The average Bonchev–Trinajstić information content (AvgIpc) is 3.16. The van der Waals surface area contributed by atoms with Gasteiger partial charge in [0.15, 0.2) is 0 Å². The quantitative estimate of drug-likeness (QED) is 0.900. The van der Waals surface area contributed by atoms with Gasteiger partial charge in [-0.15, -0.1) is 0 Å². The molecule has 2 fully saturated rings. The highest BCUT2D eigenvalue weighted by Gasteiger charge is 2.38. The van der Waals surface area contributed by atoms with E-state index in [1.807, 2.05) is 29.7 Å². The molecule has 1 aromatic carbocycles. The molecule has 2 aliphatic heterocycles. The van der Waals surface area contributed by atoms with Crippen molar-refractivity contribution in [3.05, 3.63) is 35.4 Å². The number of amides is 2. The zero-order valence-electron chi connectivity index (χ0n) is 16.0. The van der Waals surface area contributed by atoms with E-state index in [0.29, 0.717) is 19.0 Å². The lowest BCUT2D eigenvalue weighted by Gasteiger charge is -2.36. The largest absolute Gasteiger partial charge is 0.341 e. The van der Waals surface area contributed by atoms with Crippen LogP contribution < -0.4 is 5.73 Å². The van der Waals surface area contributed by atoms with Gasteiger partial charge in [-0.3, -0.25) is 9.59 Å². The van der Waals surface area contributed by atoms with Crippen LogP contribution in [0.4, 0.5) is 0 Å². The third kappa shape index (κ3) is 3.78. The molecule has 5 nitrogen and oxygen atoms in total. The molecule has 1 aromatic rings. The summed E-state index contributed by atoms with van der Waals surface area (Å²) in [5, 5.41) is 0. The van der Waals surface area contributed by atoms with Gasteiger partial charge in [0, 0.05) is 32.1 Å². The van der Waals surface area contributed by atoms with E-state index in [9.17, 15) is 9.59 Å². The molecule has 0 radical (unpaired) electrons. The molecule has 0 bridgehead atoms. The smallest absolute Gasteiger partial charge is 0.245 e. The highest BCUT2D eigenvalue weighted by Crippen LogP contribution is 2.31. The van der Waals surface area contributed by atoms with E-state index >= 15 is 0 Å². The Morgan fingerprint density at radius 2 is 1.81 bits per heavy atom. The highest BCUT2D eigenvalue weighted by molar-refractivity contribution is 5.89. The van der Waals surface area contributed by atoms with E-state index in [-0.39, 0.29) is 23.8 Å². The summed E-state index contributed by atoms with van der Waals surface area (Å²) in [5.74, 6) is 0.660. The first-order valence-corrected chi connectivity index (χ1v) is 9.90. The lowest BCUT2D eigenvalue weighted by molar-refractivity contribution is -0.146. The topological polar surface area (TPSA) is 66.6 Å². The highest BCUT2D eigenvalue weighted by atomic mass is 16.2. The molecular formula is C21H31N3O2. The van der Waals surface area contributed by atoms with Crippen molar-refractivity contribution >= 4 is 11.8 Å². The number of rotatable bonds is 4. The summed E-state index contributed by atoms with van der Waals surface area (Å²) in [6.07, 6.45) is 3.66. The van der Waals surface area contributed by atoms with Gasteiger partial charge in [-0.25, -0.2) is 0 Å². The Balaban J connectivity index is 1.62. The lowest BCUT2D eigenvalue weighted by atomic mass is 9.86. The van der Waals surface area contributed by atoms with Crippen molar-refractivity contribution in [2.75, 3.05) is 19.6 Å². The van der Waals surface area contributed by atoms with E-state index in [4.69, 9.17) is 5.73 Å². The summed E-state index contributed by atoms with van der Waals surface area (Å²) < 4.78 is 0. The van der Waals surface area contributed by atoms with Crippen LogP contribution in [-0.2, 0) is 16.1 Å². The van der Waals surface area contributed by atoms with Crippen LogP contribution in [0.25, 0.3) is 0 Å². The average molecular weight is 357 g/mol. The first-order valence-electron chi connectivity index (χ1n) is 9.90. The maximum absolute atomic E-state index is 13.0. The maximum atomic E-state index is 13.0. The van der Waals surface area contributed by atoms with Gasteiger partial charge < -0.3 is 15.5 Å². The molecular weight excluding hydrogens is 326 g/mol. The van der Waals surface area contributed by atoms with Gasteiger partial charge in [0.05, 0.1) is 0 Å². The van der Waals surface area contributed by atoms with E-state index in [1.165, 1.54) is 11.1 Å². The number of nitrogens with zero attached hydrogens (tertiary/aromatic N) is 2. The summed E-state index contributed by atoms with van der Waals surface area (Å²) in [4.78, 5) is 29.2. The minimum Gasteiger partial charge on any atom is -0.341 e. The zero-order valence-corrected chi connectivity index (χ0v) is 16.0. The normalized spacial score (nSPS) is 21.5. The Hall–Kier alpha value is -1.88. The van der Waals surface area contributed by atoms with Gasteiger partial charge in [-0.05, 0) is 42.7 Å². The molecule has 142 valence electrons. The van der Waals surface area contributed by atoms with Gasteiger partial charge in [-0.1, -0.05) is 38.1 Å². The molecule has 1 atom stereocenters. The van der Waals surface area contributed by atoms with Crippen LogP contribution in [0.15, 0.2) is 24.3 Å². The summed E-state index contributed by atoms with van der Waals surface area (Å²) in [6, 6.07) is 8.12. The molecule has 0 aliphatic carbocycles.